The summed E-state index contributed by atoms with van der Waals surface area (Å²) < 4.78 is 10.9. The minimum atomic E-state index is -0.394. The Labute approximate surface area is 122 Å². The molecule has 0 aromatic heterocycles. The number of hydrogen-bond donors (Lipinski definition) is 2. The fourth-order valence-corrected chi connectivity index (χ4v) is 2.75. The molecule has 21 heavy (non-hydrogen) atoms. The van der Waals surface area contributed by atoms with Crippen LogP contribution in [0, 0.1) is 10.1 Å². The first-order chi connectivity index (χ1) is 10.2. The van der Waals surface area contributed by atoms with Crippen LogP contribution in [0.5, 0.6) is 11.5 Å². The van der Waals surface area contributed by atoms with Crippen molar-refractivity contribution in [3.63, 3.8) is 0 Å². The molecule has 0 unspecified atom stereocenters. The normalized spacial score (nSPS) is 20.3. The van der Waals surface area contributed by atoms with E-state index in [-0.39, 0.29) is 5.69 Å². The summed E-state index contributed by atoms with van der Waals surface area (Å²) in [5.74, 6) is 1.00. The first kappa shape index (κ1) is 13.9. The minimum Gasteiger partial charge on any atom is -0.486 e. The molecule has 3 rings (SSSR count). The molecule has 1 atom stereocenters. The molecule has 2 N–H and O–H groups in total. The Morgan fingerprint density at radius 3 is 2.76 bits per heavy atom. The number of rotatable bonds is 5. The van der Waals surface area contributed by atoms with Crippen molar-refractivity contribution in [2.45, 2.75) is 25.3 Å². The largest absolute Gasteiger partial charge is 0.486 e. The van der Waals surface area contributed by atoms with Crippen LogP contribution in [-0.4, -0.2) is 37.3 Å². The van der Waals surface area contributed by atoms with Gasteiger partial charge in [-0.1, -0.05) is 0 Å². The maximum absolute atomic E-state index is 11.2. The van der Waals surface area contributed by atoms with Gasteiger partial charge in [0.05, 0.1) is 11.0 Å². The minimum absolute atomic E-state index is 0.0265. The van der Waals surface area contributed by atoms with Crippen molar-refractivity contribution in [2.24, 2.45) is 0 Å². The zero-order valence-corrected chi connectivity index (χ0v) is 11.8. The Hall–Kier alpha value is -2.02. The summed E-state index contributed by atoms with van der Waals surface area (Å²) in [5.41, 5.74) is 0.515. The van der Waals surface area contributed by atoms with Crippen molar-refractivity contribution in [3.05, 3.63) is 22.2 Å². The lowest BCUT2D eigenvalue weighted by Crippen LogP contribution is -2.24. The third-order valence-corrected chi connectivity index (χ3v) is 3.83. The van der Waals surface area contributed by atoms with Gasteiger partial charge in [0.15, 0.2) is 11.5 Å². The van der Waals surface area contributed by atoms with Gasteiger partial charge in [-0.3, -0.25) is 10.1 Å². The maximum Gasteiger partial charge on any atom is 0.296 e. The van der Waals surface area contributed by atoms with Crippen molar-refractivity contribution in [1.29, 1.82) is 0 Å². The van der Waals surface area contributed by atoms with E-state index in [2.05, 4.69) is 10.6 Å². The van der Waals surface area contributed by atoms with E-state index in [4.69, 9.17) is 9.47 Å². The summed E-state index contributed by atoms with van der Waals surface area (Å²) in [4.78, 5) is 10.8. The molecule has 2 aliphatic heterocycles. The molecular formula is C14H19N3O4. The first-order valence-electron chi connectivity index (χ1n) is 7.29. The van der Waals surface area contributed by atoms with Gasteiger partial charge in [0, 0.05) is 18.7 Å². The Kier molecular flexibility index (Phi) is 4.10. The van der Waals surface area contributed by atoms with Crippen molar-refractivity contribution in [2.75, 3.05) is 31.6 Å². The fraction of sp³-hybridized carbons (Fsp3) is 0.571. The van der Waals surface area contributed by atoms with Gasteiger partial charge < -0.3 is 20.1 Å². The number of fused-ring (bicyclic) bond motifs is 1. The SMILES string of the molecule is O=[N+]([O-])c1cc2c(cc1NCC[C@H]1CCCN1)OCCO2. The first-order valence-corrected chi connectivity index (χ1v) is 7.29. The number of nitro groups is 1. The van der Waals surface area contributed by atoms with Crippen LogP contribution in [0.25, 0.3) is 0 Å². The molecule has 2 heterocycles. The van der Waals surface area contributed by atoms with Crippen LogP contribution in [0.15, 0.2) is 12.1 Å². The molecule has 1 aromatic rings. The van der Waals surface area contributed by atoms with Gasteiger partial charge in [-0.05, 0) is 25.8 Å². The van der Waals surface area contributed by atoms with Crippen LogP contribution in [0.2, 0.25) is 0 Å². The summed E-state index contributed by atoms with van der Waals surface area (Å²) >= 11 is 0. The summed E-state index contributed by atoms with van der Waals surface area (Å²) in [6.07, 6.45) is 3.32. The molecule has 114 valence electrons. The van der Waals surface area contributed by atoms with Crippen molar-refractivity contribution in [1.82, 2.24) is 5.32 Å². The lowest BCUT2D eigenvalue weighted by Gasteiger charge is -2.19. The molecule has 7 nitrogen and oxygen atoms in total. The number of hydrogen-bond acceptors (Lipinski definition) is 6. The number of nitrogens with one attached hydrogen (secondary N) is 2. The molecule has 0 radical (unpaired) electrons. The highest BCUT2D eigenvalue weighted by Crippen LogP contribution is 2.39. The zero-order chi connectivity index (χ0) is 14.7. The number of ether oxygens (including phenoxy) is 2. The summed E-state index contributed by atoms with van der Waals surface area (Å²) in [6.45, 7) is 2.65. The molecule has 2 aliphatic rings. The molecule has 1 fully saturated rings. The Morgan fingerprint density at radius 2 is 2.10 bits per heavy atom. The Bertz CT molecular complexity index is 529. The highest BCUT2D eigenvalue weighted by atomic mass is 16.6. The third-order valence-electron chi connectivity index (χ3n) is 3.83. The highest BCUT2D eigenvalue weighted by molar-refractivity contribution is 5.68. The van der Waals surface area contributed by atoms with E-state index in [1.54, 1.807) is 6.07 Å². The molecule has 7 heteroatoms. The van der Waals surface area contributed by atoms with Crippen molar-refractivity contribution < 1.29 is 14.4 Å². The summed E-state index contributed by atoms with van der Waals surface area (Å²) in [5, 5.41) is 17.7. The molecule has 0 aliphatic carbocycles. The van der Waals surface area contributed by atoms with Gasteiger partial charge in [0.2, 0.25) is 0 Å². The molecule has 1 aromatic carbocycles. The van der Waals surface area contributed by atoms with Crippen molar-refractivity contribution >= 4 is 11.4 Å². The van der Waals surface area contributed by atoms with Gasteiger partial charge in [0.25, 0.3) is 5.69 Å². The van der Waals surface area contributed by atoms with Gasteiger partial charge in [-0.25, -0.2) is 0 Å². The molecule has 0 amide bonds. The van der Waals surface area contributed by atoms with E-state index in [0.717, 1.165) is 13.0 Å². The van der Waals surface area contributed by atoms with E-state index in [0.29, 0.717) is 43.0 Å². The fourth-order valence-electron chi connectivity index (χ4n) is 2.75. The van der Waals surface area contributed by atoms with Crippen LogP contribution in [-0.2, 0) is 0 Å². The molecule has 1 saturated heterocycles. The number of benzene rings is 1. The maximum atomic E-state index is 11.2. The molecule has 0 saturated carbocycles. The van der Waals surface area contributed by atoms with Gasteiger partial charge in [0.1, 0.15) is 18.9 Å². The quantitative estimate of drug-likeness (QED) is 0.637. The van der Waals surface area contributed by atoms with E-state index >= 15 is 0 Å². The van der Waals surface area contributed by atoms with Gasteiger partial charge >= 0.3 is 0 Å². The lowest BCUT2D eigenvalue weighted by molar-refractivity contribution is -0.384. The average molecular weight is 293 g/mol. The summed E-state index contributed by atoms with van der Waals surface area (Å²) in [6, 6.07) is 3.60. The summed E-state index contributed by atoms with van der Waals surface area (Å²) in [7, 11) is 0. The second-order valence-corrected chi connectivity index (χ2v) is 5.28. The van der Waals surface area contributed by atoms with Crippen molar-refractivity contribution in [3.8, 4) is 11.5 Å². The lowest BCUT2D eigenvalue weighted by atomic mass is 10.1. The second kappa shape index (κ2) is 6.17. The van der Waals surface area contributed by atoms with Crippen LogP contribution in [0.1, 0.15) is 19.3 Å². The standard InChI is InChI=1S/C14H19N3O4/c18-17(19)12-9-14-13(20-6-7-21-14)8-11(12)16-5-3-10-2-1-4-15-10/h8-10,15-16H,1-7H2/t10-/m1/s1. The van der Waals surface area contributed by atoms with E-state index < -0.39 is 4.92 Å². The van der Waals surface area contributed by atoms with E-state index in [1.807, 2.05) is 0 Å². The third kappa shape index (κ3) is 3.18. The van der Waals surface area contributed by atoms with Crippen LogP contribution in [0.3, 0.4) is 0 Å². The van der Waals surface area contributed by atoms with Crippen LogP contribution >= 0.6 is 0 Å². The Morgan fingerprint density at radius 1 is 1.33 bits per heavy atom. The predicted molar refractivity (Wildman–Crippen MR) is 78.2 cm³/mol. The number of nitrogens with zero attached hydrogens (tertiary/aromatic N) is 1. The van der Waals surface area contributed by atoms with E-state index in [1.165, 1.54) is 18.9 Å². The smallest absolute Gasteiger partial charge is 0.296 e. The van der Waals surface area contributed by atoms with Gasteiger partial charge in [-0.2, -0.15) is 0 Å². The number of nitro benzene ring substituents is 1. The topological polar surface area (TPSA) is 85.7 Å². The second-order valence-electron chi connectivity index (χ2n) is 5.28. The average Bonchev–Trinajstić information content (AvgIpc) is 2.99. The van der Waals surface area contributed by atoms with Gasteiger partial charge in [-0.15, -0.1) is 0 Å². The van der Waals surface area contributed by atoms with Crippen LogP contribution < -0.4 is 20.1 Å². The monoisotopic (exact) mass is 293 g/mol. The van der Waals surface area contributed by atoms with Crippen LogP contribution in [0.4, 0.5) is 11.4 Å². The molecular weight excluding hydrogens is 274 g/mol. The number of anilines is 1. The highest BCUT2D eigenvalue weighted by Gasteiger charge is 2.22. The molecule has 0 bridgehead atoms. The zero-order valence-electron chi connectivity index (χ0n) is 11.8. The van der Waals surface area contributed by atoms with E-state index in [9.17, 15) is 10.1 Å². The Balaban J connectivity index is 1.71. The predicted octanol–water partition coefficient (Wildman–Crippen LogP) is 1.92. The molecule has 0 spiro atoms.